The highest BCUT2D eigenvalue weighted by Crippen LogP contribution is 2.33. The predicted molar refractivity (Wildman–Crippen MR) is 227 cm³/mol. The number of thioether (sulfide) groups is 1. The molecule has 3 N–H and O–H groups in total. The number of urea groups is 1. The van der Waals surface area contributed by atoms with E-state index in [2.05, 4.69) is 32.2 Å². The van der Waals surface area contributed by atoms with Crippen molar-refractivity contribution < 1.29 is 44.3 Å². The Balaban J connectivity index is 1.13. The van der Waals surface area contributed by atoms with Crippen molar-refractivity contribution in [3.8, 4) is 0 Å². The van der Waals surface area contributed by atoms with Crippen LogP contribution in [0.2, 0.25) is 0 Å². The molecule has 2 aliphatic rings. The molecule has 1 aromatic heterocycles. The average Bonchev–Trinajstić information content (AvgIpc) is 3.91. The minimum Gasteiger partial charge on any atom is -0.378 e. The van der Waals surface area contributed by atoms with Gasteiger partial charge in [0.05, 0.1) is 80.0 Å². The van der Waals surface area contributed by atoms with Crippen LogP contribution in [-0.2, 0) is 57.1 Å². The summed E-state index contributed by atoms with van der Waals surface area (Å²) in [6.07, 6.45) is 3.94. The highest BCUT2D eigenvalue weighted by Gasteiger charge is 2.42. The van der Waals surface area contributed by atoms with Crippen molar-refractivity contribution >= 4 is 69.9 Å². The highest BCUT2D eigenvalue weighted by molar-refractivity contribution is 8.00. The van der Waals surface area contributed by atoms with Crippen LogP contribution in [-0.4, -0.2) is 151 Å². The van der Waals surface area contributed by atoms with E-state index in [4.69, 9.17) is 9.47 Å². The third kappa shape index (κ3) is 13.6. The third-order valence-corrected chi connectivity index (χ3v) is 15.8. The van der Waals surface area contributed by atoms with E-state index in [9.17, 15) is 34.8 Å². The molecule has 3 atom stereocenters. The first-order valence-corrected chi connectivity index (χ1v) is 25.4. The Bertz CT molecular complexity index is 2250. The van der Waals surface area contributed by atoms with Crippen molar-refractivity contribution in [1.82, 2.24) is 35.2 Å². The number of hydrogen-bond donors (Lipinski definition) is 3. The van der Waals surface area contributed by atoms with Crippen molar-refractivity contribution in [3.63, 3.8) is 0 Å². The Morgan fingerprint density at radius 3 is 2.46 bits per heavy atom. The summed E-state index contributed by atoms with van der Waals surface area (Å²) in [5.74, 6) is -0.207. The number of ether oxygens (including phenoxy) is 2. The SMILES string of the molecule is C=CS(=O)(=O)CCOCCOCCS(=O)(=O)CCN(Cc1cn(CCNS(=O)(=O)c2cccc3c(N(C)C)cccc23)nn1)C(=O)CCCCC1SCC2NC(=O)NC21. The average molecular weight is 899 g/mol. The summed E-state index contributed by atoms with van der Waals surface area (Å²) >= 11 is 1.80. The molecular formula is C37H54N8O10S4. The quantitative estimate of drug-likeness (QED) is 0.0768. The molecule has 22 heteroatoms. The van der Waals surface area contributed by atoms with Crippen LogP contribution < -0.4 is 20.3 Å². The summed E-state index contributed by atoms with van der Waals surface area (Å²) in [5.41, 5.74) is 1.30. The Hall–Kier alpha value is -3.80. The van der Waals surface area contributed by atoms with Gasteiger partial charge in [-0.25, -0.2) is 34.8 Å². The van der Waals surface area contributed by atoms with Crippen LogP contribution >= 0.6 is 11.8 Å². The standard InChI is InChI=1S/C37H54N8O10S4/c1-4-57(48,49)23-20-54-18-19-55-21-24-58(50,51)22-17-44(35(46)14-6-5-12-33-36-31(27-56-33)39-37(47)40-36)25-28-26-45(42-41-28)16-15-38-59(52,53)34-13-8-9-29-30(34)10-7-11-32(29)43(2)3/h4,7-11,13,26,31,33,36,38H,1,5-6,12,14-25,27H2,2-3H3,(H2,39,40,47). The Morgan fingerprint density at radius 2 is 1.71 bits per heavy atom. The van der Waals surface area contributed by atoms with Gasteiger partial charge in [0.2, 0.25) is 15.9 Å². The van der Waals surface area contributed by atoms with Gasteiger partial charge in [0, 0.05) is 66.5 Å². The second-order valence-corrected chi connectivity index (χ2v) is 21.9. The molecule has 0 radical (unpaired) electrons. The van der Waals surface area contributed by atoms with Crippen LogP contribution in [0.4, 0.5) is 10.5 Å². The lowest BCUT2D eigenvalue weighted by Crippen LogP contribution is -2.37. The Kier molecular flexibility index (Phi) is 16.6. The van der Waals surface area contributed by atoms with Crippen molar-refractivity contribution in [1.29, 1.82) is 0 Å². The number of hydrogen-bond acceptors (Lipinski definition) is 14. The zero-order chi connectivity index (χ0) is 42.6. The second-order valence-electron chi connectivity index (χ2n) is 14.5. The molecule has 18 nitrogen and oxygen atoms in total. The third-order valence-electron chi connectivity index (χ3n) is 9.97. The van der Waals surface area contributed by atoms with Crippen LogP contribution in [0.15, 0.2) is 59.5 Å². The molecule has 3 aromatic rings. The number of aromatic nitrogens is 3. The Labute approximate surface area is 350 Å². The second kappa shape index (κ2) is 21.1. The molecule has 2 aliphatic heterocycles. The summed E-state index contributed by atoms with van der Waals surface area (Å²) in [6, 6.07) is 10.7. The van der Waals surface area contributed by atoms with Gasteiger partial charge >= 0.3 is 6.03 Å². The van der Waals surface area contributed by atoms with Gasteiger partial charge in [-0.2, -0.15) is 11.8 Å². The van der Waals surface area contributed by atoms with Gasteiger partial charge in [-0.3, -0.25) is 9.48 Å². The molecule has 0 aliphatic carbocycles. The van der Waals surface area contributed by atoms with Crippen LogP contribution in [0.25, 0.3) is 10.8 Å². The van der Waals surface area contributed by atoms with Gasteiger partial charge in [0.15, 0.2) is 19.7 Å². The number of nitrogens with one attached hydrogen (secondary N) is 3. The lowest BCUT2D eigenvalue weighted by atomic mass is 10.0. The number of nitrogens with zero attached hydrogens (tertiary/aromatic N) is 5. The highest BCUT2D eigenvalue weighted by atomic mass is 32.2. The van der Waals surface area contributed by atoms with Crippen molar-refractivity contribution in [2.45, 2.75) is 61.0 Å². The van der Waals surface area contributed by atoms with E-state index in [1.54, 1.807) is 36.2 Å². The molecule has 3 amide bonds. The van der Waals surface area contributed by atoms with E-state index in [-0.39, 0.29) is 110 Å². The fourth-order valence-electron chi connectivity index (χ4n) is 6.81. The normalized spacial score (nSPS) is 18.1. The maximum Gasteiger partial charge on any atom is 0.315 e. The number of unbranched alkanes of at least 4 members (excludes halogenated alkanes) is 1. The topological polar surface area (TPSA) is 228 Å². The first kappa shape index (κ1) is 46.3. The lowest BCUT2D eigenvalue weighted by molar-refractivity contribution is -0.131. The van der Waals surface area contributed by atoms with Gasteiger partial charge < -0.3 is 29.9 Å². The van der Waals surface area contributed by atoms with E-state index in [1.165, 1.54) is 9.58 Å². The zero-order valence-corrected chi connectivity index (χ0v) is 36.6. The molecule has 5 rings (SSSR count). The van der Waals surface area contributed by atoms with Crippen LogP contribution in [0.5, 0.6) is 0 Å². The smallest absolute Gasteiger partial charge is 0.315 e. The molecule has 59 heavy (non-hydrogen) atoms. The monoisotopic (exact) mass is 898 g/mol. The van der Waals surface area contributed by atoms with Crippen LogP contribution in [0.1, 0.15) is 31.4 Å². The number of sulfonamides is 1. The van der Waals surface area contributed by atoms with Gasteiger partial charge in [0.25, 0.3) is 0 Å². The zero-order valence-electron chi connectivity index (χ0n) is 33.3. The molecule has 0 spiro atoms. The maximum absolute atomic E-state index is 13.6. The minimum atomic E-state index is -3.89. The number of amides is 3. The fourth-order valence-corrected chi connectivity index (χ4v) is 11.2. The molecule has 326 valence electrons. The van der Waals surface area contributed by atoms with Crippen LogP contribution in [0, 0.1) is 0 Å². The number of carbonyl (C=O) groups is 2. The van der Waals surface area contributed by atoms with E-state index in [0.717, 1.165) is 35.1 Å². The predicted octanol–water partition coefficient (Wildman–Crippen LogP) is 1.54. The van der Waals surface area contributed by atoms with Crippen molar-refractivity contribution in [3.05, 3.63) is 60.3 Å². The van der Waals surface area contributed by atoms with E-state index in [1.807, 2.05) is 37.2 Å². The summed E-state index contributed by atoms with van der Waals surface area (Å²) in [6.45, 7) is 3.36. The number of fused-ring (bicyclic) bond motifs is 2. The molecule has 0 saturated carbocycles. The van der Waals surface area contributed by atoms with Gasteiger partial charge in [-0.1, -0.05) is 42.5 Å². The molecular weight excluding hydrogens is 845 g/mol. The van der Waals surface area contributed by atoms with E-state index < -0.39 is 29.7 Å². The largest absolute Gasteiger partial charge is 0.378 e. The molecule has 0 bridgehead atoms. The number of benzene rings is 2. The number of sulfone groups is 2. The van der Waals surface area contributed by atoms with Crippen molar-refractivity contribution in [2.75, 3.05) is 81.5 Å². The number of rotatable bonds is 26. The maximum atomic E-state index is 13.6. The molecule has 2 fully saturated rings. The Morgan fingerprint density at radius 1 is 0.983 bits per heavy atom. The lowest BCUT2D eigenvalue weighted by Gasteiger charge is -2.22. The molecule has 3 unspecified atom stereocenters. The first-order chi connectivity index (χ1) is 28.1. The molecule has 2 aromatic carbocycles. The van der Waals surface area contributed by atoms with Gasteiger partial charge in [-0.15, -0.1) is 5.10 Å². The molecule has 2 saturated heterocycles. The molecule has 3 heterocycles. The number of carbonyl (C=O) groups excluding carboxylic acids is 2. The fraction of sp³-hybridized carbons (Fsp3) is 0.568. The summed E-state index contributed by atoms with van der Waals surface area (Å²) < 4.78 is 90.4. The summed E-state index contributed by atoms with van der Waals surface area (Å²) in [4.78, 5) is 28.9. The first-order valence-electron chi connectivity index (χ1n) is 19.3. The van der Waals surface area contributed by atoms with Crippen LogP contribution in [0.3, 0.4) is 0 Å². The van der Waals surface area contributed by atoms with Gasteiger partial charge in [0.1, 0.15) is 5.69 Å². The summed E-state index contributed by atoms with van der Waals surface area (Å²) in [7, 11) is -7.11. The van der Waals surface area contributed by atoms with E-state index in [0.29, 0.717) is 17.5 Å². The summed E-state index contributed by atoms with van der Waals surface area (Å²) in [5, 5.41) is 16.7. The number of anilines is 1. The van der Waals surface area contributed by atoms with E-state index >= 15 is 0 Å². The van der Waals surface area contributed by atoms with Gasteiger partial charge in [-0.05, 0) is 25.0 Å². The minimum absolute atomic E-state index is 0.000359. The van der Waals surface area contributed by atoms with Crippen molar-refractivity contribution in [2.24, 2.45) is 0 Å².